The molecular weight excluding hydrogens is 386 g/mol. The highest BCUT2D eigenvalue weighted by Crippen LogP contribution is 2.39. The highest BCUT2D eigenvalue weighted by atomic mass is 16.6. The Morgan fingerprint density at radius 3 is 2.17 bits per heavy atom. The third-order valence-electron chi connectivity index (χ3n) is 4.48. The number of hydrogen-bond donors (Lipinski definition) is 1. The molecule has 0 spiro atoms. The van der Waals surface area contributed by atoms with Gasteiger partial charge in [0.05, 0.1) is 19.8 Å². The van der Waals surface area contributed by atoms with Gasteiger partial charge in [0.25, 0.3) is 5.91 Å². The van der Waals surface area contributed by atoms with Crippen molar-refractivity contribution in [1.29, 1.82) is 0 Å². The molecule has 0 unspecified atom stereocenters. The Bertz CT molecular complexity index is 840. The van der Waals surface area contributed by atoms with Crippen LogP contribution in [0.1, 0.15) is 36.7 Å². The number of carbonyl (C=O) groups is 1. The summed E-state index contributed by atoms with van der Waals surface area (Å²) in [4.78, 5) is 12.7. The van der Waals surface area contributed by atoms with Crippen LogP contribution in [0.3, 0.4) is 0 Å². The van der Waals surface area contributed by atoms with Gasteiger partial charge in [-0.15, -0.1) is 0 Å². The van der Waals surface area contributed by atoms with Gasteiger partial charge >= 0.3 is 0 Å². The van der Waals surface area contributed by atoms with Gasteiger partial charge in [-0.25, -0.2) is 0 Å². The summed E-state index contributed by atoms with van der Waals surface area (Å²) in [5, 5.41) is 2.95. The lowest BCUT2D eigenvalue weighted by molar-refractivity contribution is 0.0953. The first-order chi connectivity index (χ1) is 14.7. The summed E-state index contributed by atoms with van der Waals surface area (Å²) < 4.78 is 28.2. The van der Waals surface area contributed by atoms with Crippen LogP contribution in [0.15, 0.2) is 30.3 Å². The lowest BCUT2D eigenvalue weighted by Crippen LogP contribution is -2.26. The molecule has 1 N–H and O–H groups in total. The van der Waals surface area contributed by atoms with E-state index in [1.807, 2.05) is 39.0 Å². The van der Waals surface area contributed by atoms with Gasteiger partial charge in [-0.1, -0.05) is 6.07 Å². The normalized spacial score (nSPS) is 12.2. The Hall–Kier alpha value is -3.09. The standard InChI is InChI=1S/C23H29NO6/c1-4-26-20-14-17(15-21(27-5-2)22(20)28-6-3)23(25)24-10-9-16-7-8-18-19(13-16)30-12-11-29-18/h7-8,13-15H,4-6,9-12H2,1-3H3,(H,24,25). The van der Waals surface area contributed by atoms with E-state index in [-0.39, 0.29) is 5.91 Å². The Kier molecular flexibility index (Phi) is 7.65. The second kappa shape index (κ2) is 10.6. The van der Waals surface area contributed by atoms with Gasteiger partial charge < -0.3 is 29.0 Å². The highest BCUT2D eigenvalue weighted by molar-refractivity contribution is 5.95. The highest BCUT2D eigenvalue weighted by Gasteiger charge is 2.18. The SMILES string of the molecule is CCOc1cc(C(=O)NCCc2ccc3c(c2)OCCO3)cc(OCC)c1OCC. The quantitative estimate of drug-likeness (QED) is 0.639. The summed E-state index contributed by atoms with van der Waals surface area (Å²) in [6.45, 7) is 8.66. The van der Waals surface area contributed by atoms with Crippen LogP contribution in [-0.4, -0.2) is 45.5 Å². The lowest BCUT2D eigenvalue weighted by atomic mass is 10.1. The first kappa shape index (κ1) is 21.6. The molecule has 0 radical (unpaired) electrons. The predicted molar refractivity (Wildman–Crippen MR) is 113 cm³/mol. The Morgan fingerprint density at radius 1 is 0.900 bits per heavy atom. The molecule has 0 fully saturated rings. The molecule has 3 rings (SSSR count). The number of nitrogens with one attached hydrogen (secondary N) is 1. The third-order valence-corrected chi connectivity index (χ3v) is 4.48. The van der Waals surface area contributed by atoms with Gasteiger partial charge in [-0.3, -0.25) is 4.79 Å². The predicted octanol–water partition coefficient (Wildman–Crippen LogP) is 3.63. The zero-order valence-corrected chi connectivity index (χ0v) is 17.8. The molecule has 1 aliphatic rings. The fourth-order valence-electron chi connectivity index (χ4n) is 3.19. The van der Waals surface area contributed by atoms with E-state index in [0.29, 0.717) is 68.8 Å². The zero-order valence-electron chi connectivity index (χ0n) is 17.8. The van der Waals surface area contributed by atoms with Crippen LogP contribution >= 0.6 is 0 Å². The summed E-state index contributed by atoms with van der Waals surface area (Å²) in [6.07, 6.45) is 0.677. The van der Waals surface area contributed by atoms with E-state index < -0.39 is 0 Å². The monoisotopic (exact) mass is 415 g/mol. The molecule has 0 bridgehead atoms. The van der Waals surface area contributed by atoms with E-state index in [0.717, 1.165) is 17.1 Å². The van der Waals surface area contributed by atoms with Crippen LogP contribution in [0.5, 0.6) is 28.7 Å². The summed E-state index contributed by atoms with van der Waals surface area (Å²) in [7, 11) is 0. The minimum atomic E-state index is -0.197. The van der Waals surface area contributed by atoms with Crippen LogP contribution in [0.4, 0.5) is 0 Å². The average molecular weight is 415 g/mol. The molecule has 0 aromatic heterocycles. The molecule has 0 saturated heterocycles. The van der Waals surface area contributed by atoms with Crippen molar-refractivity contribution in [2.45, 2.75) is 27.2 Å². The summed E-state index contributed by atoms with van der Waals surface area (Å²) in [5.41, 5.74) is 1.53. The largest absolute Gasteiger partial charge is 0.490 e. The van der Waals surface area contributed by atoms with Gasteiger partial charge in [-0.05, 0) is 57.0 Å². The number of amides is 1. The van der Waals surface area contributed by atoms with Crippen molar-refractivity contribution < 1.29 is 28.5 Å². The molecule has 7 heteroatoms. The molecular formula is C23H29NO6. The van der Waals surface area contributed by atoms with Gasteiger partial charge in [0.2, 0.25) is 5.75 Å². The molecule has 0 atom stereocenters. The van der Waals surface area contributed by atoms with Crippen LogP contribution in [0.25, 0.3) is 0 Å². The Balaban J connectivity index is 1.68. The van der Waals surface area contributed by atoms with Crippen LogP contribution < -0.4 is 29.0 Å². The van der Waals surface area contributed by atoms with Crippen molar-refractivity contribution in [2.24, 2.45) is 0 Å². The van der Waals surface area contributed by atoms with Crippen molar-refractivity contribution in [3.63, 3.8) is 0 Å². The van der Waals surface area contributed by atoms with Gasteiger partial charge in [0.15, 0.2) is 23.0 Å². The molecule has 0 aliphatic carbocycles. The van der Waals surface area contributed by atoms with E-state index in [1.54, 1.807) is 12.1 Å². The molecule has 7 nitrogen and oxygen atoms in total. The Morgan fingerprint density at radius 2 is 1.53 bits per heavy atom. The van der Waals surface area contributed by atoms with Gasteiger partial charge in [0, 0.05) is 12.1 Å². The second-order valence-electron chi connectivity index (χ2n) is 6.58. The number of carbonyl (C=O) groups excluding carboxylic acids is 1. The molecule has 162 valence electrons. The molecule has 1 amide bonds. The maximum Gasteiger partial charge on any atom is 0.251 e. The smallest absolute Gasteiger partial charge is 0.251 e. The molecule has 2 aromatic carbocycles. The summed E-state index contributed by atoms with van der Waals surface area (Å²) in [5.74, 6) is 2.84. The van der Waals surface area contributed by atoms with E-state index >= 15 is 0 Å². The summed E-state index contributed by atoms with van der Waals surface area (Å²) in [6, 6.07) is 9.22. The molecule has 0 saturated carbocycles. The zero-order chi connectivity index (χ0) is 21.3. The van der Waals surface area contributed by atoms with Crippen molar-refractivity contribution >= 4 is 5.91 Å². The van der Waals surface area contributed by atoms with Crippen LogP contribution in [-0.2, 0) is 6.42 Å². The lowest BCUT2D eigenvalue weighted by Gasteiger charge is -2.19. The first-order valence-corrected chi connectivity index (χ1v) is 10.4. The maximum atomic E-state index is 12.7. The third kappa shape index (κ3) is 5.28. The second-order valence-corrected chi connectivity index (χ2v) is 6.58. The minimum Gasteiger partial charge on any atom is -0.490 e. The summed E-state index contributed by atoms with van der Waals surface area (Å²) >= 11 is 0. The van der Waals surface area contributed by atoms with E-state index in [9.17, 15) is 4.79 Å². The van der Waals surface area contributed by atoms with Crippen molar-refractivity contribution in [3.8, 4) is 28.7 Å². The number of benzene rings is 2. The fourth-order valence-corrected chi connectivity index (χ4v) is 3.19. The van der Waals surface area contributed by atoms with Crippen molar-refractivity contribution in [3.05, 3.63) is 41.5 Å². The number of fused-ring (bicyclic) bond motifs is 1. The minimum absolute atomic E-state index is 0.197. The van der Waals surface area contributed by atoms with Gasteiger partial charge in [-0.2, -0.15) is 0 Å². The van der Waals surface area contributed by atoms with Crippen molar-refractivity contribution in [2.75, 3.05) is 39.6 Å². The van der Waals surface area contributed by atoms with Crippen LogP contribution in [0.2, 0.25) is 0 Å². The van der Waals surface area contributed by atoms with E-state index in [2.05, 4.69) is 5.32 Å². The van der Waals surface area contributed by atoms with E-state index in [4.69, 9.17) is 23.7 Å². The molecule has 30 heavy (non-hydrogen) atoms. The maximum absolute atomic E-state index is 12.7. The first-order valence-electron chi connectivity index (χ1n) is 10.4. The molecule has 2 aromatic rings. The number of ether oxygens (including phenoxy) is 5. The van der Waals surface area contributed by atoms with E-state index in [1.165, 1.54) is 0 Å². The molecule has 1 aliphatic heterocycles. The molecule has 1 heterocycles. The topological polar surface area (TPSA) is 75.3 Å². The average Bonchev–Trinajstić information content (AvgIpc) is 2.76. The number of hydrogen-bond acceptors (Lipinski definition) is 6. The number of rotatable bonds is 10. The Labute approximate surface area is 177 Å². The van der Waals surface area contributed by atoms with Crippen LogP contribution in [0, 0.1) is 0 Å². The fraction of sp³-hybridized carbons (Fsp3) is 0.435. The van der Waals surface area contributed by atoms with Crippen molar-refractivity contribution in [1.82, 2.24) is 5.32 Å². The van der Waals surface area contributed by atoms with Gasteiger partial charge in [0.1, 0.15) is 13.2 Å².